The van der Waals surface area contributed by atoms with E-state index in [4.69, 9.17) is 9.84 Å². The zero-order valence-corrected chi connectivity index (χ0v) is 16.4. The van der Waals surface area contributed by atoms with Crippen molar-refractivity contribution in [1.29, 1.82) is 0 Å². The van der Waals surface area contributed by atoms with Crippen LogP contribution in [0.1, 0.15) is 19.3 Å². The van der Waals surface area contributed by atoms with Crippen LogP contribution in [0.3, 0.4) is 0 Å². The lowest BCUT2D eigenvalue weighted by atomic mass is 9.98. The van der Waals surface area contributed by atoms with Crippen molar-refractivity contribution >= 4 is 20.3 Å². The van der Waals surface area contributed by atoms with Gasteiger partial charge in [-0.2, -0.15) is 0 Å². The van der Waals surface area contributed by atoms with Gasteiger partial charge in [0.1, 0.15) is 12.3 Å². The number of carboxylic acid groups (broad SMARTS) is 1. The van der Waals surface area contributed by atoms with Gasteiger partial charge in [-0.25, -0.2) is 18.4 Å². The van der Waals surface area contributed by atoms with Gasteiger partial charge in [0.05, 0.1) is 12.6 Å². The largest absolute Gasteiger partial charge is 0.465 e. The summed E-state index contributed by atoms with van der Waals surface area (Å²) in [4.78, 5) is 24.3. The van der Waals surface area contributed by atoms with E-state index < -0.39 is 38.6 Å². The van der Waals surface area contributed by atoms with Gasteiger partial charge in [-0.1, -0.05) is 19.6 Å². The van der Waals surface area contributed by atoms with Crippen molar-refractivity contribution in [3.05, 3.63) is 0 Å². The van der Waals surface area contributed by atoms with Crippen LogP contribution in [0, 0.1) is 5.92 Å². The number of halogens is 2. The SMILES string of the molecule is CN(C[C@H](CC1C[C@@H](F)[C@@H](F)C1)NC(=O)O)C(=O)OCC[Si](C)(C)C. The maximum absolute atomic E-state index is 13.3. The fourth-order valence-corrected chi connectivity index (χ4v) is 3.65. The molecule has 4 atom stereocenters. The van der Waals surface area contributed by atoms with Gasteiger partial charge in [-0.15, -0.1) is 0 Å². The highest BCUT2D eigenvalue weighted by molar-refractivity contribution is 6.76. The number of nitrogens with one attached hydrogen (secondary N) is 1. The van der Waals surface area contributed by atoms with Gasteiger partial charge in [0.25, 0.3) is 0 Å². The Bertz CT molecular complexity index is 452. The Morgan fingerprint density at radius 3 is 2.32 bits per heavy atom. The van der Waals surface area contributed by atoms with Crippen LogP contribution in [0.15, 0.2) is 0 Å². The molecule has 0 aromatic carbocycles. The lowest BCUT2D eigenvalue weighted by Crippen LogP contribution is -2.45. The quantitative estimate of drug-likeness (QED) is 0.632. The van der Waals surface area contributed by atoms with Crippen molar-refractivity contribution in [3.63, 3.8) is 0 Å². The molecule has 2 N–H and O–H groups in total. The maximum atomic E-state index is 13.3. The second kappa shape index (κ2) is 9.35. The highest BCUT2D eigenvalue weighted by atomic mass is 28.3. The van der Waals surface area contributed by atoms with Crippen LogP contribution in [0.4, 0.5) is 18.4 Å². The molecule has 0 aromatic heterocycles. The monoisotopic (exact) mass is 380 g/mol. The van der Waals surface area contributed by atoms with E-state index >= 15 is 0 Å². The first-order chi connectivity index (χ1) is 11.5. The summed E-state index contributed by atoms with van der Waals surface area (Å²) in [6.45, 7) is 6.97. The molecule has 0 radical (unpaired) electrons. The van der Waals surface area contributed by atoms with E-state index in [0.717, 1.165) is 6.04 Å². The summed E-state index contributed by atoms with van der Waals surface area (Å²) in [6.07, 6.45) is -4.25. The van der Waals surface area contributed by atoms with Gasteiger partial charge in [-0.3, -0.25) is 0 Å². The van der Waals surface area contributed by atoms with Crippen LogP contribution < -0.4 is 5.32 Å². The zero-order valence-electron chi connectivity index (χ0n) is 15.4. The summed E-state index contributed by atoms with van der Waals surface area (Å²) in [5.74, 6) is -0.238. The minimum Gasteiger partial charge on any atom is -0.465 e. The first kappa shape index (κ1) is 21.7. The maximum Gasteiger partial charge on any atom is 0.409 e. The molecule has 0 aromatic rings. The van der Waals surface area contributed by atoms with Crippen molar-refractivity contribution in [2.45, 2.75) is 63.3 Å². The number of rotatable bonds is 8. The fraction of sp³-hybridized carbons (Fsp3) is 0.875. The van der Waals surface area contributed by atoms with Crippen LogP contribution in [-0.2, 0) is 4.74 Å². The molecule has 2 amide bonds. The van der Waals surface area contributed by atoms with E-state index in [1.165, 1.54) is 11.9 Å². The summed E-state index contributed by atoms with van der Waals surface area (Å²) in [5.41, 5.74) is 0. The third-order valence-electron chi connectivity index (χ3n) is 4.34. The van der Waals surface area contributed by atoms with E-state index in [2.05, 4.69) is 25.0 Å². The minimum atomic E-state index is -1.49. The van der Waals surface area contributed by atoms with Crippen LogP contribution in [0.5, 0.6) is 0 Å². The molecular formula is C16H30F2N2O4Si. The van der Waals surface area contributed by atoms with Crippen LogP contribution in [0.2, 0.25) is 25.7 Å². The predicted octanol–water partition coefficient (Wildman–Crippen LogP) is 3.51. The number of amides is 2. The first-order valence-corrected chi connectivity index (χ1v) is 12.3. The van der Waals surface area contributed by atoms with E-state index in [1.54, 1.807) is 0 Å². The van der Waals surface area contributed by atoms with Crippen molar-refractivity contribution in [3.8, 4) is 0 Å². The van der Waals surface area contributed by atoms with E-state index in [1.807, 2.05) is 0 Å². The topological polar surface area (TPSA) is 78.9 Å². The van der Waals surface area contributed by atoms with Gasteiger partial charge in [0, 0.05) is 21.7 Å². The molecule has 1 saturated carbocycles. The molecule has 1 rings (SSSR count). The first-order valence-electron chi connectivity index (χ1n) is 8.63. The lowest BCUT2D eigenvalue weighted by Gasteiger charge is -2.26. The van der Waals surface area contributed by atoms with E-state index in [-0.39, 0.29) is 25.3 Å². The molecular weight excluding hydrogens is 350 g/mol. The van der Waals surface area contributed by atoms with E-state index in [0.29, 0.717) is 13.0 Å². The minimum absolute atomic E-state index is 0.0866. The number of carbonyl (C=O) groups excluding carboxylic acids is 1. The molecule has 25 heavy (non-hydrogen) atoms. The Kier molecular flexibility index (Phi) is 8.10. The highest BCUT2D eigenvalue weighted by Gasteiger charge is 2.36. The standard InChI is InChI=1S/C16H30F2N2O4Si/c1-20(16(23)24-5-6-25(2,3)4)10-12(19-15(21)22)7-11-8-13(17)14(18)9-11/h11-14,19H,5-10H2,1-4H3,(H,21,22)/t11?,12-,13-,14+/m0/s1. The molecule has 6 nitrogen and oxygen atoms in total. The number of carbonyl (C=O) groups is 2. The number of alkyl halides is 2. The molecule has 1 aliphatic carbocycles. The number of hydrogen-bond donors (Lipinski definition) is 2. The summed E-state index contributed by atoms with van der Waals surface area (Å²) < 4.78 is 31.8. The summed E-state index contributed by atoms with van der Waals surface area (Å²) in [7, 11) is 0.218. The third kappa shape index (κ3) is 8.51. The van der Waals surface area contributed by atoms with Gasteiger partial charge in [0.2, 0.25) is 0 Å². The summed E-state index contributed by atoms with van der Waals surface area (Å²) in [5, 5.41) is 11.3. The second-order valence-corrected chi connectivity index (χ2v) is 13.7. The summed E-state index contributed by atoms with van der Waals surface area (Å²) in [6, 6.07) is 0.260. The zero-order chi connectivity index (χ0) is 19.2. The second-order valence-electron chi connectivity index (χ2n) is 8.06. The Hall–Kier alpha value is -1.38. The Balaban J connectivity index is 2.50. The number of ether oxygens (including phenoxy) is 1. The number of hydrogen-bond acceptors (Lipinski definition) is 3. The molecule has 1 unspecified atom stereocenters. The molecule has 1 aliphatic rings. The average Bonchev–Trinajstić information content (AvgIpc) is 2.74. The average molecular weight is 381 g/mol. The van der Waals surface area contributed by atoms with Crippen molar-refractivity contribution < 1.29 is 28.2 Å². The molecule has 1 fully saturated rings. The molecule has 9 heteroatoms. The molecule has 146 valence electrons. The Morgan fingerprint density at radius 2 is 1.84 bits per heavy atom. The molecule has 0 saturated heterocycles. The molecule has 0 bridgehead atoms. The molecule has 0 spiro atoms. The van der Waals surface area contributed by atoms with Crippen LogP contribution in [0.25, 0.3) is 0 Å². The van der Waals surface area contributed by atoms with E-state index in [9.17, 15) is 18.4 Å². The Labute approximate surface area is 148 Å². The molecule has 0 aliphatic heterocycles. The highest BCUT2D eigenvalue weighted by Crippen LogP contribution is 2.33. The normalized spacial score (nSPS) is 24.6. The number of likely N-dealkylation sites (N-methyl/N-ethyl adjacent to an activating group) is 1. The van der Waals surface area contributed by atoms with Crippen molar-refractivity contribution in [2.24, 2.45) is 5.92 Å². The lowest BCUT2D eigenvalue weighted by molar-refractivity contribution is 0.109. The van der Waals surface area contributed by atoms with Crippen molar-refractivity contribution in [1.82, 2.24) is 10.2 Å². The van der Waals surface area contributed by atoms with Gasteiger partial charge < -0.3 is 20.1 Å². The van der Waals surface area contributed by atoms with Crippen LogP contribution >= 0.6 is 0 Å². The predicted molar refractivity (Wildman–Crippen MR) is 94.2 cm³/mol. The van der Waals surface area contributed by atoms with Gasteiger partial charge >= 0.3 is 12.2 Å². The van der Waals surface area contributed by atoms with Gasteiger partial charge in [0.15, 0.2) is 0 Å². The number of nitrogens with zero attached hydrogens (tertiary/aromatic N) is 1. The summed E-state index contributed by atoms with van der Waals surface area (Å²) >= 11 is 0. The van der Waals surface area contributed by atoms with Crippen LogP contribution in [-0.4, -0.2) is 68.9 Å². The fourth-order valence-electron chi connectivity index (χ4n) is 2.94. The smallest absolute Gasteiger partial charge is 0.409 e. The third-order valence-corrected chi connectivity index (χ3v) is 6.04. The molecule has 0 heterocycles. The Morgan fingerprint density at radius 1 is 1.28 bits per heavy atom. The van der Waals surface area contributed by atoms with Crippen molar-refractivity contribution in [2.75, 3.05) is 20.2 Å². The van der Waals surface area contributed by atoms with Gasteiger partial charge in [-0.05, 0) is 31.2 Å².